The highest BCUT2D eigenvalue weighted by atomic mass is 19.1. The number of hydrogen-bond acceptors (Lipinski definition) is 1. The number of H-pyrrole nitrogens is 1. The number of likely N-dealkylation sites (tertiary alicyclic amines) is 1. The topological polar surface area (TPSA) is 19.0 Å². The minimum atomic E-state index is -0.152. The van der Waals surface area contributed by atoms with Crippen LogP contribution in [0.2, 0.25) is 0 Å². The van der Waals surface area contributed by atoms with Crippen LogP contribution in [0, 0.1) is 11.7 Å². The summed E-state index contributed by atoms with van der Waals surface area (Å²) in [6, 6.07) is 15.9. The first kappa shape index (κ1) is 18.2. The number of rotatable bonds is 7. The molecule has 0 aliphatic carbocycles. The Balaban J connectivity index is 1.23. The summed E-state index contributed by atoms with van der Waals surface area (Å²) in [5, 5.41) is 1.04. The van der Waals surface area contributed by atoms with Crippen LogP contribution in [0.5, 0.6) is 0 Å². The molecule has 1 fully saturated rings. The molecule has 1 aliphatic heterocycles. The summed E-state index contributed by atoms with van der Waals surface area (Å²) in [5.41, 5.74) is 3.74. The largest absolute Gasteiger partial charge is 0.361 e. The molecule has 1 N–H and O–H groups in total. The summed E-state index contributed by atoms with van der Waals surface area (Å²) in [7, 11) is 0. The van der Waals surface area contributed by atoms with E-state index in [0.29, 0.717) is 0 Å². The number of halogens is 1. The van der Waals surface area contributed by atoms with Gasteiger partial charge in [-0.05, 0) is 86.9 Å². The molecule has 3 aromatic rings. The van der Waals surface area contributed by atoms with Gasteiger partial charge in [0.25, 0.3) is 0 Å². The number of fused-ring (bicyclic) bond motifs is 1. The number of nitrogens with one attached hydrogen (secondary N) is 1. The minimum Gasteiger partial charge on any atom is -0.361 e. The number of unbranched alkanes of at least 4 members (excludes halogenated alkanes) is 1. The Hall–Kier alpha value is -2.13. The zero-order valence-corrected chi connectivity index (χ0v) is 16.0. The Morgan fingerprint density at radius 3 is 2.85 bits per heavy atom. The molecule has 2 nitrogen and oxygen atoms in total. The SMILES string of the molecule is Fc1ccc2[nH]cc(CCCCN3CCC[C@H](Cc4ccccc4)C3)c2c1. The summed E-state index contributed by atoms with van der Waals surface area (Å²) in [6.07, 6.45) is 9.30. The van der Waals surface area contributed by atoms with Gasteiger partial charge in [0, 0.05) is 23.6 Å². The van der Waals surface area contributed by atoms with Crippen molar-refractivity contribution < 1.29 is 4.39 Å². The number of piperidine rings is 1. The van der Waals surface area contributed by atoms with Gasteiger partial charge < -0.3 is 9.88 Å². The second-order valence-electron chi connectivity index (χ2n) is 7.96. The van der Waals surface area contributed by atoms with E-state index in [-0.39, 0.29) is 5.82 Å². The van der Waals surface area contributed by atoms with Gasteiger partial charge in [-0.3, -0.25) is 0 Å². The van der Waals surface area contributed by atoms with Crippen LogP contribution in [-0.4, -0.2) is 29.5 Å². The van der Waals surface area contributed by atoms with Gasteiger partial charge >= 0.3 is 0 Å². The Morgan fingerprint density at radius 1 is 1.07 bits per heavy atom. The van der Waals surface area contributed by atoms with Gasteiger partial charge in [-0.2, -0.15) is 0 Å². The lowest BCUT2D eigenvalue weighted by Crippen LogP contribution is -2.36. The maximum absolute atomic E-state index is 13.5. The highest BCUT2D eigenvalue weighted by molar-refractivity contribution is 5.83. The molecule has 1 aromatic heterocycles. The fourth-order valence-corrected chi connectivity index (χ4v) is 4.48. The number of aryl methyl sites for hydroxylation is 1. The van der Waals surface area contributed by atoms with Crippen LogP contribution in [0.25, 0.3) is 10.9 Å². The maximum atomic E-state index is 13.5. The van der Waals surface area contributed by atoms with E-state index in [0.717, 1.165) is 29.7 Å². The molecule has 27 heavy (non-hydrogen) atoms. The van der Waals surface area contributed by atoms with E-state index in [1.165, 1.54) is 62.5 Å². The minimum absolute atomic E-state index is 0.152. The zero-order valence-electron chi connectivity index (χ0n) is 16.0. The first-order chi connectivity index (χ1) is 13.3. The molecular weight excluding hydrogens is 335 g/mol. The zero-order chi connectivity index (χ0) is 18.5. The Morgan fingerprint density at radius 2 is 1.96 bits per heavy atom. The number of nitrogens with zero attached hydrogens (tertiary/aromatic N) is 1. The van der Waals surface area contributed by atoms with Gasteiger partial charge in [0.15, 0.2) is 0 Å². The molecular formula is C24H29FN2. The van der Waals surface area contributed by atoms with Crippen molar-refractivity contribution in [2.24, 2.45) is 5.92 Å². The van der Waals surface area contributed by atoms with E-state index in [2.05, 4.69) is 40.2 Å². The highest BCUT2D eigenvalue weighted by Crippen LogP contribution is 2.23. The fraction of sp³-hybridized carbons (Fsp3) is 0.417. The van der Waals surface area contributed by atoms with E-state index < -0.39 is 0 Å². The molecule has 4 rings (SSSR count). The maximum Gasteiger partial charge on any atom is 0.123 e. The normalized spacial score (nSPS) is 18.2. The van der Waals surface area contributed by atoms with Crippen molar-refractivity contribution in [3.05, 3.63) is 71.7 Å². The van der Waals surface area contributed by atoms with Crippen LogP contribution in [0.1, 0.15) is 36.8 Å². The second-order valence-corrected chi connectivity index (χ2v) is 7.96. The summed E-state index contributed by atoms with van der Waals surface area (Å²) in [4.78, 5) is 5.90. The van der Waals surface area contributed by atoms with E-state index in [1.807, 2.05) is 12.3 Å². The van der Waals surface area contributed by atoms with Crippen molar-refractivity contribution in [3.63, 3.8) is 0 Å². The van der Waals surface area contributed by atoms with Crippen LogP contribution in [0.3, 0.4) is 0 Å². The predicted molar refractivity (Wildman–Crippen MR) is 111 cm³/mol. The molecule has 2 heterocycles. The predicted octanol–water partition coefficient (Wildman–Crippen LogP) is 5.58. The Bertz CT molecular complexity index is 855. The molecule has 0 unspecified atom stereocenters. The van der Waals surface area contributed by atoms with Gasteiger partial charge in [0.2, 0.25) is 0 Å². The quantitative estimate of drug-likeness (QED) is 0.542. The molecule has 1 aliphatic rings. The standard InChI is InChI=1S/C24H29FN2/c25-22-11-12-24-23(16-22)21(17-26-24)10-4-5-13-27-14-6-9-20(18-27)15-19-7-2-1-3-8-19/h1-3,7-8,11-12,16-17,20,26H,4-6,9-10,13-15,18H2/t20-/m1/s1. The summed E-state index contributed by atoms with van der Waals surface area (Å²) in [5.74, 6) is 0.638. The molecule has 0 radical (unpaired) electrons. The Kier molecular flexibility index (Phi) is 5.88. The molecule has 0 spiro atoms. The number of benzene rings is 2. The van der Waals surface area contributed by atoms with E-state index in [9.17, 15) is 4.39 Å². The Labute approximate surface area is 161 Å². The van der Waals surface area contributed by atoms with Crippen molar-refractivity contribution in [1.29, 1.82) is 0 Å². The highest BCUT2D eigenvalue weighted by Gasteiger charge is 2.19. The molecule has 1 atom stereocenters. The average molecular weight is 365 g/mol. The monoisotopic (exact) mass is 364 g/mol. The lowest BCUT2D eigenvalue weighted by Gasteiger charge is -2.32. The molecule has 3 heteroatoms. The molecule has 0 bridgehead atoms. The number of aromatic amines is 1. The van der Waals surface area contributed by atoms with Gasteiger partial charge in [-0.25, -0.2) is 4.39 Å². The van der Waals surface area contributed by atoms with Gasteiger partial charge in [-0.1, -0.05) is 30.3 Å². The van der Waals surface area contributed by atoms with Gasteiger partial charge in [0.1, 0.15) is 5.82 Å². The molecule has 2 aromatic carbocycles. The lowest BCUT2D eigenvalue weighted by molar-refractivity contribution is 0.171. The molecule has 0 amide bonds. The van der Waals surface area contributed by atoms with E-state index >= 15 is 0 Å². The summed E-state index contributed by atoms with van der Waals surface area (Å²) < 4.78 is 13.5. The van der Waals surface area contributed by atoms with Crippen LogP contribution in [-0.2, 0) is 12.8 Å². The first-order valence-corrected chi connectivity index (χ1v) is 10.3. The summed E-state index contributed by atoms with van der Waals surface area (Å²) >= 11 is 0. The lowest BCUT2D eigenvalue weighted by atomic mass is 9.91. The smallest absolute Gasteiger partial charge is 0.123 e. The third-order valence-corrected chi connectivity index (χ3v) is 5.87. The third kappa shape index (κ3) is 4.78. The van der Waals surface area contributed by atoms with Crippen molar-refractivity contribution >= 4 is 10.9 Å². The number of hydrogen-bond donors (Lipinski definition) is 1. The van der Waals surface area contributed by atoms with Crippen molar-refractivity contribution in [2.75, 3.05) is 19.6 Å². The van der Waals surface area contributed by atoms with Crippen molar-refractivity contribution in [2.45, 2.75) is 38.5 Å². The number of aromatic nitrogens is 1. The average Bonchev–Trinajstić information content (AvgIpc) is 3.08. The van der Waals surface area contributed by atoms with Crippen LogP contribution in [0.15, 0.2) is 54.7 Å². The first-order valence-electron chi connectivity index (χ1n) is 10.3. The van der Waals surface area contributed by atoms with Crippen molar-refractivity contribution in [3.8, 4) is 0 Å². The van der Waals surface area contributed by atoms with Crippen LogP contribution >= 0.6 is 0 Å². The molecule has 142 valence electrons. The molecule has 1 saturated heterocycles. The summed E-state index contributed by atoms with van der Waals surface area (Å²) in [6.45, 7) is 3.65. The van der Waals surface area contributed by atoms with Crippen LogP contribution in [0.4, 0.5) is 4.39 Å². The second kappa shape index (κ2) is 8.71. The van der Waals surface area contributed by atoms with Crippen molar-refractivity contribution in [1.82, 2.24) is 9.88 Å². The molecule has 0 saturated carbocycles. The fourth-order valence-electron chi connectivity index (χ4n) is 4.48. The van der Waals surface area contributed by atoms with Gasteiger partial charge in [0.05, 0.1) is 0 Å². The van der Waals surface area contributed by atoms with E-state index in [1.54, 1.807) is 6.07 Å². The third-order valence-electron chi connectivity index (χ3n) is 5.87. The van der Waals surface area contributed by atoms with E-state index in [4.69, 9.17) is 0 Å². The van der Waals surface area contributed by atoms with Gasteiger partial charge in [-0.15, -0.1) is 0 Å². The van der Waals surface area contributed by atoms with Crippen LogP contribution < -0.4 is 0 Å².